The Hall–Kier alpha value is -1.59. The largest absolute Gasteiger partial charge is 0.445 e. The summed E-state index contributed by atoms with van der Waals surface area (Å²) in [7, 11) is 4.43. The molecule has 0 heterocycles. The number of unbranched alkanes of at least 4 members (excludes halogenated alkanes) is 3. The second-order valence-corrected chi connectivity index (χ2v) is 8.88. The number of quaternary nitrogens is 1. The van der Waals surface area contributed by atoms with Gasteiger partial charge in [-0.2, -0.15) is 0 Å². The highest BCUT2D eigenvalue weighted by atomic mass is 16.5. The zero-order valence-electron chi connectivity index (χ0n) is 18.6. The number of likely N-dealkylation sites (N-methyl/N-ethyl adjacent to an activating group) is 1. The molecule has 1 rings (SSSR count). The van der Waals surface area contributed by atoms with E-state index in [0.717, 1.165) is 49.2 Å². The number of hydrogen-bond acceptors (Lipinski definition) is 3. The number of nitrogens with zero attached hydrogens (tertiary/aromatic N) is 1. The first-order chi connectivity index (χ1) is 13.2. The van der Waals surface area contributed by atoms with Gasteiger partial charge in [-0.15, -0.1) is 0 Å². The van der Waals surface area contributed by atoms with Crippen molar-refractivity contribution in [3.63, 3.8) is 0 Å². The van der Waals surface area contributed by atoms with E-state index in [4.69, 9.17) is 9.47 Å². The lowest BCUT2D eigenvalue weighted by Crippen LogP contribution is -2.50. The molecule has 0 fully saturated rings. The molecule has 1 aromatic carbocycles. The van der Waals surface area contributed by atoms with Crippen LogP contribution in [0.2, 0.25) is 0 Å². The maximum atomic E-state index is 12.1. The Morgan fingerprint density at radius 2 is 1.75 bits per heavy atom. The van der Waals surface area contributed by atoms with E-state index in [9.17, 15) is 4.79 Å². The van der Waals surface area contributed by atoms with Gasteiger partial charge in [-0.25, -0.2) is 4.79 Å². The highest BCUT2D eigenvalue weighted by Crippen LogP contribution is 2.13. The van der Waals surface area contributed by atoms with Gasteiger partial charge < -0.3 is 19.3 Å². The summed E-state index contributed by atoms with van der Waals surface area (Å²) in [6.45, 7) is 10.2. The van der Waals surface area contributed by atoms with Crippen LogP contribution in [0.3, 0.4) is 0 Å². The Morgan fingerprint density at radius 3 is 2.43 bits per heavy atom. The summed E-state index contributed by atoms with van der Waals surface area (Å²) in [5.41, 5.74) is 0.674. The number of amides is 1. The van der Waals surface area contributed by atoms with Crippen molar-refractivity contribution in [1.29, 1.82) is 0 Å². The SMILES string of the molecule is CCCCCCOCC[N+](C)(C)CCC(C)(C)NC(=O)OCc1ccccc1. The van der Waals surface area contributed by atoms with Crippen LogP contribution in [0.5, 0.6) is 0 Å². The molecule has 0 aliphatic rings. The quantitative estimate of drug-likeness (QED) is 0.366. The Kier molecular flexibility index (Phi) is 11.2. The van der Waals surface area contributed by atoms with Crippen LogP contribution in [0.25, 0.3) is 0 Å². The molecule has 0 atom stereocenters. The number of carbonyl (C=O) groups excluding carboxylic acids is 1. The number of hydrogen-bond donors (Lipinski definition) is 1. The predicted molar refractivity (Wildman–Crippen MR) is 115 cm³/mol. The van der Waals surface area contributed by atoms with E-state index in [1.807, 2.05) is 44.2 Å². The maximum absolute atomic E-state index is 12.1. The maximum Gasteiger partial charge on any atom is 0.407 e. The molecular formula is C23H41N2O3+. The fraction of sp³-hybridized carbons (Fsp3) is 0.696. The Morgan fingerprint density at radius 1 is 1.04 bits per heavy atom. The topological polar surface area (TPSA) is 47.6 Å². The zero-order chi connectivity index (χ0) is 20.9. The lowest BCUT2D eigenvalue weighted by molar-refractivity contribution is -0.891. The molecule has 5 heteroatoms. The Labute approximate surface area is 172 Å². The summed E-state index contributed by atoms with van der Waals surface area (Å²) < 4.78 is 12.0. The molecule has 28 heavy (non-hydrogen) atoms. The molecule has 0 radical (unpaired) electrons. The van der Waals surface area contributed by atoms with Gasteiger partial charge in [0.1, 0.15) is 13.2 Å². The molecule has 5 nitrogen and oxygen atoms in total. The van der Waals surface area contributed by atoms with Crippen LogP contribution in [-0.2, 0) is 16.1 Å². The first kappa shape index (κ1) is 24.4. The van der Waals surface area contributed by atoms with Crippen molar-refractivity contribution in [2.45, 2.75) is 65.0 Å². The summed E-state index contributed by atoms with van der Waals surface area (Å²) in [4.78, 5) is 12.1. The van der Waals surface area contributed by atoms with Gasteiger partial charge in [-0.1, -0.05) is 56.5 Å². The molecular weight excluding hydrogens is 352 g/mol. The molecule has 0 saturated carbocycles. The second-order valence-electron chi connectivity index (χ2n) is 8.88. The number of carbonyl (C=O) groups is 1. The van der Waals surface area contributed by atoms with E-state index >= 15 is 0 Å². The van der Waals surface area contributed by atoms with E-state index < -0.39 is 0 Å². The summed E-state index contributed by atoms with van der Waals surface area (Å²) >= 11 is 0. The van der Waals surface area contributed by atoms with Gasteiger partial charge in [0.15, 0.2) is 0 Å². The first-order valence-electron chi connectivity index (χ1n) is 10.6. The molecule has 1 aromatic rings. The first-order valence-corrected chi connectivity index (χ1v) is 10.6. The van der Waals surface area contributed by atoms with Crippen molar-refractivity contribution < 1.29 is 18.8 Å². The molecule has 0 saturated heterocycles. The van der Waals surface area contributed by atoms with Crippen molar-refractivity contribution >= 4 is 6.09 Å². The zero-order valence-corrected chi connectivity index (χ0v) is 18.6. The fourth-order valence-electron chi connectivity index (χ4n) is 2.84. The third kappa shape index (κ3) is 12.0. The molecule has 1 N–H and O–H groups in total. The van der Waals surface area contributed by atoms with Crippen molar-refractivity contribution in [2.75, 3.05) is 40.4 Å². The minimum atomic E-state index is -0.366. The highest BCUT2D eigenvalue weighted by Gasteiger charge is 2.26. The van der Waals surface area contributed by atoms with Gasteiger partial charge in [-0.3, -0.25) is 0 Å². The molecule has 0 bridgehead atoms. The average Bonchev–Trinajstić information content (AvgIpc) is 2.65. The van der Waals surface area contributed by atoms with Crippen LogP contribution in [0.15, 0.2) is 30.3 Å². The van der Waals surface area contributed by atoms with Crippen LogP contribution >= 0.6 is 0 Å². The van der Waals surface area contributed by atoms with Gasteiger partial charge in [0, 0.05) is 18.6 Å². The van der Waals surface area contributed by atoms with Gasteiger partial charge in [0.25, 0.3) is 0 Å². The Bertz CT molecular complexity index is 544. The van der Waals surface area contributed by atoms with Gasteiger partial charge in [0.2, 0.25) is 0 Å². The lowest BCUT2D eigenvalue weighted by Gasteiger charge is -2.34. The third-order valence-electron chi connectivity index (χ3n) is 4.98. The van der Waals surface area contributed by atoms with Crippen molar-refractivity contribution in [1.82, 2.24) is 5.32 Å². The van der Waals surface area contributed by atoms with Crippen LogP contribution in [-0.4, -0.2) is 56.5 Å². The Balaban J connectivity index is 2.23. The molecule has 0 aliphatic carbocycles. The minimum Gasteiger partial charge on any atom is -0.445 e. The second kappa shape index (κ2) is 12.8. The van der Waals surface area contributed by atoms with Gasteiger partial charge in [0.05, 0.1) is 27.2 Å². The lowest BCUT2D eigenvalue weighted by atomic mass is 10.0. The van der Waals surface area contributed by atoms with Crippen LogP contribution < -0.4 is 5.32 Å². The highest BCUT2D eigenvalue weighted by molar-refractivity contribution is 5.68. The van der Waals surface area contributed by atoms with E-state index in [-0.39, 0.29) is 11.6 Å². The van der Waals surface area contributed by atoms with E-state index in [1.54, 1.807) is 0 Å². The smallest absolute Gasteiger partial charge is 0.407 e. The number of alkyl carbamates (subject to hydrolysis) is 1. The monoisotopic (exact) mass is 393 g/mol. The third-order valence-corrected chi connectivity index (χ3v) is 4.98. The van der Waals surface area contributed by atoms with Crippen molar-refractivity contribution in [2.24, 2.45) is 0 Å². The molecule has 0 aliphatic heterocycles. The fourth-order valence-corrected chi connectivity index (χ4v) is 2.84. The molecule has 0 unspecified atom stereocenters. The molecule has 160 valence electrons. The average molecular weight is 394 g/mol. The van der Waals surface area contributed by atoms with E-state index in [0.29, 0.717) is 6.61 Å². The number of nitrogens with one attached hydrogen (secondary N) is 1. The van der Waals surface area contributed by atoms with Crippen molar-refractivity contribution in [3.05, 3.63) is 35.9 Å². The normalized spacial score (nSPS) is 12.0. The van der Waals surface area contributed by atoms with E-state index in [2.05, 4.69) is 26.3 Å². The van der Waals surface area contributed by atoms with Crippen molar-refractivity contribution in [3.8, 4) is 0 Å². The minimum absolute atomic E-state index is 0.292. The standard InChI is InChI=1S/C23H40N2O3/c1-6-7-8-12-18-27-19-17-25(4,5)16-15-23(2,3)24-22(26)28-20-21-13-10-9-11-14-21/h9-11,13-14H,6-8,12,15-20H2,1-5H3/p+1. The summed E-state index contributed by atoms with van der Waals surface area (Å²) in [5, 5.41) is 2.99. The van der Waals surface area contributed by atoms with Crippen LogP contribution in [0, 0.1) is 0 Å². The van der Waals surface area contributed by atoms with Crippen LogP contribution in [0.1, 0.15) is 58.4 Å². The number of benzene rings is 1. The summed E-state index contributed by atoms with van der Waals surface area (Å²) in [6.07, 6.45) is 5.47. The molecule has 1 amide bonds. The van der Waals surface area contributed by atoms with E-state index in [1.165, 1.54) is 19.3 Å². The summed E-state index contributed by atoms with van der Waals surface area (Å²) in [6, 6.07) is 9.73. The number of rotatable bonds is 14. The summed E-state index contributed by atoms with van der Waals surface area (Å²) in [5.74, 6) is 0. The molecule has 0 aromatic heterocycles. The number of ether oxygens (including phenoxy) is 2. The van der Waals surface area contributed by atoms with Gasteiger partial charge in [-0.05, 0) is 25.8 Å². The van der Waals surface area contributed by atoms with Gasteiger partial charge >= 0.3 is 6.09 Å². The molecule has 0 spiro atoms. The predicted octanol–water partition coefficient (Wildman–Crippen LogP) is 4.75. The van der Waals surface area contributed by atoms with Crippen LogP contribution in [0.4, 0.5) is 4.79 Å².